The molecule has 0 spiro atoms. The van der Waals surface area contributed by atoms with Gasteiger partial charge in [0.05, 0.1) is 11.5 Å². The first-order valence-electron chi connectivity index (χ1n) is 11.3. The van der Waals surface area contributed by atoms with E-state index in [9.17, 15) is 14.0 Å². The molecule has 0 bridgehead atoms. The first kappa shape index (κ1) is 21.6. The number of carbonyl (C=O) groups excluding carboxylic acids is 2. The van der Waals surface area contributed by atoms with Gasteiger partial charge in [0.1, 0.15) is 11.6 Å². The summed E-state index contributed by atoms with van der Waals surface area (Å²) in [5.41, 5.74) is 1.56. The maximum Gasteiger partial charge on any atom is 0.289 e. The van der Waals surface area contributed by atoms with E-state index < -0.39 is 0 Å². The van der Waals surface area contributed by atoms with Crippen LogP contribution in [0.15, 0.2) is 33.2 Å². The number of nitrogens with zero attached hydrogens (tertiary/aromatic N) is 3. The van der Waals surface area contributed by atoms with E-state index in [-0.39, 0.29) is 34.6 Å². The van der Waals surface area contributed by atoms with Crippen molar-refractivity contribution in [2.24, 2.45) is 5.41 Å². The molecule has 1 fully saturated rings. The SMILES string of the molecule is Cc1c(C(=O)N2CCCC(c3nc(-c4cccc(F)c4)no3)C2)oc2c1C(=O)CC(C)(C)C2. The highest BCUT2D eigenvalue weighted by Gasteiger charge is 2.38. The van der Waals surface area contributed by atoms with Crippen molar-refractivity contribution in [2.45, 2.75) is 52.4 Å². The second kappa shape index (κ2) is 7.93. The fraction of sp³-hybridized carbons (Fsp3) is 0.440. The molecule has 3 aromatic rings. The monoisotopic (exact) mass is 451 g/mol. The Bertz CT molecular complexity index is 1240. The first-order valence-corrected chi connectivity index (χ1v) is 11.3. The second-order valence-corrected chi connectivity index (χ2v) is 9.85. The number of likely N-dealkylation sites (tertiary alicyclic amines) is 1. The average Bonchev–Trinajstić information content (AvgIpc) is 3.38. The van der Waals surface area contributed by atoms with Crippen molar-refractivity contribution >= 4 is 11.7 Å². The first-order chi connectivity index (χ1) is 15.7. The lowest BCUT2D eigenvalue weighted by atomic mass is 9.76. The Labute approximate surface area is 191 Å². The van der Waals surface area contributed by atoms with Gasteiger partial charge in [-0.05, 0) is 37.3 Å². The number of fused-ring (bicyclic) bond motifs is 1. The molecule has 0 N–H and O–H groups in total. The third-order valence-electron chi connectivity index (χ3n) is 6.55. The minimum atomic E-state index is -0.369. The molecule has 1 aromatic carbocycles. The van der Waals surface area contributed by atoms with Gasteiger partial charge in [-0.2, -0.15) is 4.98 Å². The molecule has 1 aliphatic carbocycles. The molecule has 0 radical (unpaired) electrons. The van der Waals surface area contributed by atoms with Crippen LogP contribution in [0, 0.1) is 18.2 Å². The maximum atomic E-state index is 13.5. The van der Waals surface area contributed by atoms with Crippen LogP contribution >= 0.6 is 0 Å². The van der Waals surface area contributed by atoms with Crippen LogP contribution in [0.2, 0.25) is 0 Å². The minimum Gasteiger partial charge on any atom is -0.455 e. The van der Waals surface area contributed by atoms with Crippen molar-refractivity contribution < 1.29 is 22.9 Å². The van der Waals surface area contributed by atoms with E-state index in [0.29, 0.717) is 60.1 Å². The number of hydrogen-bond acceptors (Lipinski definition) is 6. The van der Waals surface area contributed by atoms with Crippen LogP contribution in [0.4, 0.5) is 4.39 Å². The number of hydrogen-bond donors (Lipinski definition) is 0. The number of rotatable bonds is 3. The highest BCUT2D eigenvalue weighted by Crippen LogP contribution is 2.39. The third kappa shape index (κ3) is 3.98. The minimum absolute atomic E-state index is 0.0359. The van der Waals surface area contributed by atoms with Gasteiger partial charge in [-0.3, -0.25) is 9.59 Å². The number of piperidine rings is 1. The fourth-order valence-corrected chi connectivity index (χ4v) is 4.94. The van der Waals surface area contributed by atoms with E-state index in [1.165, 1.54) is 12.1 Å². The molecule has 33 heavy (non-hydrogen) atoms. The lowest BCUT2D eigenvalue weighted by Gasteiger charge is -2.30. The molecule has 3 heterocycles. The Balaban J connectivity index is 1.36. The van der Waals surface area contributed by atoms with Crippen LogP contribution in [0.25, 0.3) is 11.4 Å². The van der Waals surface area contributed by atoms with E-state index in [1.807, 2.05) is 13.8 Å². The standard InChI is InChI=1S/C25H26FN3O4/c1-14-20-18(30)11-25(2,3)12-19(20)32-21(14)24(31)29-9-5-7-16(13-29)23-27-22(28-33-23)15-6-4-8-17(26)10-15/h4,6,8,10,16H,5,7,9,11-13H2,1-3H3. The average molecular weight is 451 g/mol. The van der Waals surface area contributed by atoms with E-state index in [2.05, 4.69) is 10.1 Å². The topological polar surface area (TPSA) is 89.4 Å². The second-order valence-electron chi connectivity index (χ2n) is 9.85. The zero-order valence-corrected chi connectivity index (χ0v) is 19.0. The van der Waals surface area contributed by atoms with Gasteiger partial charge in [-0.1, -0.05) is 31.1 Å². The van der Waals surface area contributed by atoms with Crippen LogP contribution in [0.1, 0.15) is 77.2 Å². The molecule has 7 nitrogen and oxygen atoms in total. The Morgan fingerprint density at radius 3 is 2.88 bits per heavy atom. The summed E-state index contributed by atoms with van der Waals surface area (Å²) in [4.78, 5) is 32.2. The number of ketones is 1. The molecular weight excluding hydrogens is 425 g/mol. The number of benzene rings is 1. The zero-order valence-electron chi connectivity index (χ0n) is 19.0. The Kier molecular flexibility index (Phi) is 5.18. The molecule has 5 rings (SSSR count). The molecule has 1 unspecified atom stereocenters. The van der Waals surface area contributed by atoms with Crippen LogP contribution in [0.3, 0.4) is 0 Å². The highest BCUT2D eigenvalue weighted by molar-refractivity contribution is 6.03. The number of halogens is 1. The van der Waals surface area contributed by atoms with Crippen LogP contribution < -0.4 is 0 Å². The van der Waals surface area contributed by atoms with Crippen LogP contribution in [-0.4, -0.2) is 39.8 Å². The number of amides is 1. The van der Waals surface area contributed by atoms with Crippen molar-refractivity contribution in [3.8, 4) is 11.4 Å². The van der Waals surface area contributed by atoms with E-state index in [4.69, 9.17) is 8.94 Å². The van der Waals surface area contributed by atoms with E-state index in [1.54, 1.807) is 24.0 Å². The van der Waals surface area contributed by atoms with Gasteiger partial charge >= 0.3 is 0 Å². The molecule has 2 aliphatic rings. The fourth-order valence-electron chi connectivity index (χ4n) is 4.94. The van der Waals surface area contributed by atoms with Crippen molar-refractivity contribution in [1.29, 1.82) is 0 Å². The van der Waals surface area contributed by atoms with Crippen molar-refractivity contribution in [1.82, 2.24) is 15.0 Å². The summed E-state index contributed by atoms with van der Waals surface area (Å²) in [5, 5.41) is 4.00. The lowest BCUT2D eigenvalue weighted by molar-refractivity contribution is 0.0658. The lowest BCUT2D eigenvalue weighted by Crippen LogP contribution is -2.39. The van der Waals surface area contributed by atoms with Gasteiger partial charge in [-0.15, -0.1) is 0 Å². The zero-order chi connectivity index (χ0) is 23.3. The van der Waals surface area contributed by atoms with Crippen molar-refractivity contribution in [3.63, 3.8) is 0 Å². The molecule has 0 saturated carbocycles. The van der Waals surface area contributed by atoms with Crippen LogP contribution in [-0.2, 0) is 6.42 Å². The summed E-state index contributed by atoms with van der Waals surface area (Å²) in [5.74, 6) is 0.938. The molecular formula is C25H26FN3O4. The van der Waals surface area contributed by atoms with Crippen LogP contribution in [0.5, 0.6) is 0 Å². The number of Topliss-reactive ketones (excluding diaryl/α,β-unsaturated/α-hetero) is 1. The summed E-state index contributed by atoms with van der Waals surface area (Å²) < 4.78 is 25.0. The highest BCUT2D eigenvalue weighted by atomic mass is 19.1. The Morgan fingerprint density at radius 1 is 1.27 bits per heavy atom. The van der Waals surface area contributed by atoms with Gasteiger partial charge in [0.25, 0.3) is 5.91 Å². The van der Waals surface area contributed by atoms with E-state index in [0.717, 1.165) is 12.8 Å². The largest absolute Gasteiger partial charge is 0.455 e. The number of aromatic nitrogens is 2. The summed E-state index contributed by atoms with van der Waals surface area (Å²) >= 11 is 0. The Morgan fingerprint density at radius 2 is 2.09 bits per heavy atom. The predicted octanol–water partition coefficient (Wildman–Crippen LogP) is 4.95. The van der Waals surface area contributed by atoms with Gasteiger partial charge in [0, 0.05) is 37.1 Å². The van der Waals surface area contributed by atoms with Gasteiger partial charge < -0.3 is 13.8 Å². The number of carbonyl (C=O) groups is 2. The summed E-state index contributed by atoms with van der Waals surface area (Å²) in [6.45, 7) is 6.85. The molecule has 1 amide bonds. The smallest absolute Gasteiger partial charge is 0.289 e. The van der Waals surface area contributed by atoms with Crippen molar-refractivity contribution in [3.05, 3.63) is 58.6 Å². The molecule has 1 saturated heterocycles. The summed E-state index contributed by atoms with van der Waals surface area (Å²) in [6, 6.07) is 6.03. The number of furan rings is 1. The maximum absolute atomic E-state index is 13.5. The Hall–Kier alpha value is -3.29. The molecule has 1 atom stereocenters. The molecule has 1 aliphatic heterocycles. The third-order valence-corrected chi connectivity index (χ3v) is 6.55. The molecule has 8 heteroatoms. The van der Waals surface area contributed by atoms with Gasteiger partial charge in [0.15, 0.2) is 11.5 Å². The quantitative estimate of drug-likeness (QED) is 0.560. The van der Waals surface area contributed by atoms with Crippen molar-refractivity contribution in [2.75, 3.05) is 13.1 Å². The summed E-state index contributed by atoms with van der Waals surface area (Å²) in [7, 11) is 0. The van der Waals surface area contributed by atoms with E-state index >= 15 is 0 Å². The normalized spacial score (nSPS) is 20.1. The van der Waals surface area contributed by atoms with Gasteiger partial charge in [0.2, 0.25) is 11.7 Å². The van der Waals surface area contributed by atoms with Gasteiger partial charge in [-0.25, -0.2) is 4.39 Å². The predicted molar refractivity (Wildman–Crippen MR) is 117 cm³/mol. The summed E-state index contributed by atoms with van der Waals surface area (Å²) in [6.07, 6.45) is 2.66. The molecule has 2 aromatic heterocycles. The molecule has 172 valence electrons.